The van der Waals surface area contributed by atoms with Crippen LogP contribution in [-0.4, -0.2) is 19.2 Å². The Balaban J connectivity index is 2.18. The number of anilines is 1. The molecule has 0 fully saturated rings. The van der Waals surface area contributed by atoms with Gasteiger partial charge in [0.2, 0.25) is 0 Å². The van der Waals surface area contributed by atoms with Gasteiger partial charge in [-0.3, -0.25) is 4.98 Å². The summed E-state index contributed by atoms with van der Waals surface area (Å²) >= 11 is 6.19. The lowest BCUT2D eigenvalue weighted by Gasteiger charge is -2.13. The van der Waals surface area contributed by atoms with Crippen molar-refractivity contribution in [2.75, 3.05) is 19.5 Å². The molecule has 1 aromatic heterocycles. The Hall–Kier alpha value is -1.94. The Labute approximate surface area is 123 Å². The molecule has 4 nitrogen and oxygen atoms in total. The van der Waals surface area contributed by atoms with Gasteiger partial charge < -0.3 is 14.8 Å². The quantitative estimate of drug-likeness (QED) is 0.913. The Morgan fingerprint density at radius 2 is 2.00 bits per heavy atom. The molecule has 0 unspecified atom stereocenters. The molecule has 5 heteroatoms. The monoisotopic (exact) mass is 292 g/mol. The summed E-state index contributed by atoms with van der Waals surface area (Å²) in [6.45, 7) is 2.51. The average molecular weight is 293 g/mol. The largest absolute Gasteiger partial charge is 0.493 e. The molecule has 0 amide bonds. The molecule has 0 saturated carbocycles. The minimum atomic E-state index is 0.503. The summed E-state index contributed by atoms with van der Waals surface area (Å²) in [5.41, 5.74) is 2.75. The highest BCUT2D eigenvalue weighted by atomic mass is 35.5. The van der Waals surface area contributed by atoms with Crippen molar-refractivity contribution in [3.05, 3.63) is 46.7 Å². The zero-order valence-electron chi connectivity index (χ0n) is 11.7. The molecule has 0 aliphatic rings. The van der Waals surface area contributed by atoms with Crippen molar-refractivity contribution >= 4 is 17.3 Å². The second-order valence-corrected chi connectivity index (χ2v) is 4.74. The normalized spacial score (nSPS) is 10.2. The van der Waals surface area contributed by atoms with Crippen LogP contribution < -0.4 is 14.8 Å². The molecule has 20 heavy (non-hydrogen) atoms. The highest BCUT2D eigenvalue weighted by Gasteiger charge is 2.11. The summed E-state index contributed by atoms with van der Waals surface area (Å²) in [5.74, 6) is 1.29. The Morgan fingerprint density at radius 3 is 2.65 bits per heavy atom. The van der Waals surface area contributed by atoms with E-state index in [4.69, 9.17) is 21.1 Å². The van der Waals surface area contributed by atoms with Gasteiger partial charge in [0.05, 0.1) is 31.5 Å². The molecule has 0 aliphatic carbocycles. The number of halogens is 1. The number of hydrogen-bond acceptors (Lipinski definition) is 4. The molecule has 0 radical (unpaired) electrons. The molecule has 0 saturated heterocycles. The molecule has 0 atom stereocenters. The Bertz CT molecular complexity index is 602. The summed E-state index contributed by atoms with van der Waals surface area (Å²) in [6, 6.07) is 7.64. The van der Waals surface area contributed by atoms with E-state index in [1.807, 2.05) is 25.1 Å². The lowest BCUT2D eigenvalue weighted by atomic mass is 10.2. The van der Waals surface area contributed by atoms with Crippen LogP contribution >= 0.6 is 11.6 Å². The van der Waals surface area contributed by atoms with Crippen LogP contribution in [0.4, 0.5) is 5.69 Å². The van der Waals surface area contributed by atoms with Crippen molar-refractivity contribution in [1.29, 1.82) is 0 Å². The van der Waals surface area contributed by atoms with Crippen molar-refractivity contribution in [1.82, 2.24) is 4.98 Å². The SMILES string of the molecule is COc1ccnc(CNc2ccc(C)cc2Cl)c1OC. The fourth-order valence-corrected chi connectivity index (χ4v) is 2.22. The second-order valence-electron chi connectivity index (χ2n) is 4.33. The summed E-state index contributed by atoms with van der Waals surface area (Å²) in [7, 11) is 3.20. The van der Waals surface area contributed by atoms with Gasteiger partial charge in [0.15, 0.2) is 11.5 Å². The van der Waals surface area contributed by atoms with Gasteiger partial charge >= 0.3 is 0 Å². The summed E-state index contributed by atoms with van der Waals surface area (Å²) in [4.78, 5) is 4.31. The standard InChI is InChI=1S/C15H17ClN2O2/c1-10-4-5-12(11(16)8-10)18-9-13-15(20-3)14(19-2)6-7-17-13/h4-8,18H,9H2,1-3H3. The first-order valence-electron chi connectivity index (χ1n) is 6.21. The maximum Gasteiger partial charge on any atom is 0.184 e. The molecular formula is C15H17ClN2O2. The first-order chi connectivity index (χ1) is 9.65. The number of hydrogen-bond donors (Lipinski definition) is 1. The van der Waals surface area contributed by atoms with Gasteiger partial charge in [-0.1, -0.05) is 17.7 Å². The van der Waals surface area contributed by atoms with Crippen LogP contribution in [0.3, 0.4) is 0 Å². The molecule has 2 rings (SSSR count). The minimum absolute atomic E-state index is 0.503. The predicted molar refractivity (Wildman–Crippen MR) is 80.9 cm³/mol. The highest BCUT2D eigenvalue weighted by molar-refractivity contribution is 6.33. The lowest BCUT2D eigenvalue weighted by molar-refractivity contribution is 0.350. The van der Waals surface area contributed by atoms with Crippen molar-refractivity contribution in [3.8, 4) is 11.5 Å². The third-order valence-electron chi connectivity index (χ3n) is 2.94. The van der Waals surface area contributed by atoms with Gasteiger partial charge in [-0.15, -0.1) is 0 Å². The van der Waals surface area contributed by atoms with Crippen molar-refractivity contribution in [3.63, 3.8) is 0 Å². The number of ether oxygens (including phenoxy) is 2. The molecular weight excluding hydrogens is 276 g/mol. The molecule has 2 aromatic rings. The van der Waals surface area contributed by atoms with E-state index >= 15 is 0 Å². The molecule has 0 bridgehead atoms. The number of aryl methyl sites for hydroxylation is 1. The fourth-order valence-electron chi connectivity index (χ4n) is 1.92. The van der Waals surface area contributed by atoms with Crippen molar-refractivity contribution in [2.24, 2.45) is 0 Å². The molecule has 0 spiro atoms. The van der Waals surface area contributed by atoms with E-state index in [9.17, 15) is 0 Å². The van der Waals surface area contributed by atoms with Crippen LogP contribution in [0.25, 0.3) is 0 Å². The van der Waals surface area contributed by atoms with Crippen LogP contribution in [-0.2, 0) is 6.54 Å². The highest BCUT2D eigenvalue weighted by Crippen LogP contribution is 2.30. The van der Waals surface area contributed by atoms with E-state index in [2.05, 4.69) is 10.3 Å². The maximum atomic E-state index is 6.19. The first-order valence-corrected chi connectivity index (χ1v) is 6.59. The van der Waals surface area contributed by atoms with E-state index in [-0.39, 0.29) is 0 Å². The lowest BCUT2D eigenvalue weighted by Crippen LogP contribution is -2.05. The molecule has 106 valence electrons. The van der Waals surface area contributed by atoms with Crippen molar-refractivity contribution in [2.45, 2.75) is 13.5 Å². The Morgan fingerprint density at radius 1 is 1.20 bits per heavy atom. The van der Waals surface area contributed by atoms with E-state index in [1.165, 1.54) is 0 Å². The van der Waals surface area contributed by atoms with Crippen LogP contribution in [0, 0.1) is 6.92 Å². The van der Waals surface area contributed by atoms with Crippen LogP contribution in [0.15, 0.2) is 30.5 Å². The van der Waals surface area contributed by atoms with E-state index in [0.29, 0.717) is 23.1 Å². The van der Waals surface area contributed by atoms with Crippen LogP contribution in [0.5, 0.6) is 11.5 Å². The van der Waals surface area contributed by atoms with Gasteiger partial charge in [0, 0.05) is 12.3 Å². The van der Waals surface area contributed by atoms with Gasteiger partial charge in [-0.05, 0) is 24.6 Å². The Kier molecular flexibility index (Phi) is 4.69. The summed E-state index contributed by atoms with van der Waals surface area (Å²) < 4.78 is 10.6. The van der Waals surface area contributed by atoms with Gasteiger partial charge in [0.25, 0.3) is 0 Å². The van der Waals surface area contributed by atoms with Gasteiger partial charge in [-0.2, -0.15) is 0 Å². The smallest absolute Gasteiger partial charge is 0.184 e. The first kappa shape index (κ1) is 14.5. The molecule has 0 aliphatic heterocycles. The summed E-state index contributed by atoms with van der Waals surface area (Å²) in [5, 5.41) is 3.94. The maximum absolute atomic E-state index is 6.19. The molecule has 1 N–H and O–H groups in total. The third-order valence-corrected chi connectivity index (χ3v) is 3.25. The zero-order valence-corrected chi connectivity index (χ0v) is 12.5. The predicted octanol–water partition coefficient (Wildman–Crippen LogP) is 3.67. The van der Waals surface area contributed by atoms with E-state index in [0.717, 1.165) is 16.9 Å². The minimum Gasteiger partial charge on any atom is -0.493 e. The van der Waals surface area contributed by atoms with Crippen LogP contribution in [0.1, 0.15) is 11.3 Å². The van der Waals surface area contributed by atoms with Gasteiger partial charge in [-0.25, -0.2) is 0 Å². The molecule has 1 aromatic carbocycles. The fraction of sp³-hybridized carbons (Fsp3) is 0.267. The van der Waals surface area contributed by atoms with Gasteiger partial charge in [0.1, 0.15) is 5.69 Å². The van der Waals surface area contributed by atoms with E-state index < -0.39 is 0 Å². The van der Waals surface area contributed by atoms with E-state index in [1.54, 1.807) is 26.5 Å². The number of aromatic nitrogens is 1. The summed E-state index contributed by atoms with van der Waals surface area (Å²) in [6.07, 6.45) is 1.69. The second kappa shape index (κ2) is 6.48. The van der Waals surface area contributed by atoms with Crippen molar-refractivity contribution < 1.29 is 9.47 Å². The topological polar surface area (TPSA) is 43.4 Å². The zero-order chi connectivity index (χ0) is 14.5. The average Bonchev–Trinajstić information content (AvgIpc) is 2.45. The number of pyridine rings is 1. The third kappa shape index (κ3) is 3.14. The number of rotatable bonds is 5. The van der Waals surface area contributed by atoms with Crippen LogP contribution in [0.2, 0.25) is 5.02 Å². The number of nitrogens with one attached hydrogen (secondary N) is 1. The number of benzene rings is 1. The number of nitrogens with zero attached hydrogens (tertiary/aromatic N) is 1. The number of methoxy groups -OCH3 is 2. The molecule has 1 heterocycles.